The Labute approximate surface area is 55.6 Å². The highest BCUT2D eigenvalue weighted by molar-refractivity contribution is 4.32. The molecule has 0 spiro atoms. The van der Waals surface area contributed by atoms with E-state index in [9.17, 15) is 5.11 Å². The van der Waals surface area contributed by atoms with Crippen LogP contribution in [0.5, 0.6) is 0 Å². The van der Waals surface area contributed by atoms with Crippen LogP contribution in [0.4, 0.5) is 0 Å². The van der Waals surface area contributed by atoms with E-state index in [1.54, 1.807) is 0 Å². The molecule has 0 aromatic carbocycles. The van der Waals surface area contributed by atoms with E-state index in [2.05, 4.69) is 6.92 Å². The Morgan fingerprint density at radius 1 is 1.11 bits per heavy atom. The quantitative estimate of drug-likeness (QED) is 0.487. The third kappa shape index (κ3) is 7.88. The molecule has 0 fully saturated rings. The van der Waals surface area contributed by atoms with Crippen LogP contribution in [0.1, 0.15) is 0 Å². The lowest BCUT2D eigenvalue weighted by atomic mass is 10.7. The fourth-order valence-corrected chi connectivity index (χ4v) is 0.381. The third-order valence-corrected chi connectivity index (χ3v) is 0.744. The van der Waals surface area contributed by atoms with Crippen molar-refractivity contribution in [1.82, 2.24) is 0 Å². The molecule has 0 aromatic rings. The Hall–Kier alpha value is -0.120. The number of hydrogen-bond donors (Lipinski definition) is 0. The van der Waals surface area contributed by atoms with Crippen LogP contribution in [0.15, 0.2) is 0 Å². The van der Waals surface area contributed by atoms with Gasteiger partial charge in [0.1, 0.15) is 6.61 Å². The highest BCUT2D eigenvalue weighted by Gasteiger charge is 1.85. The zero-order valence-electron chi connectivity index (χ0n) is 5.47. The average Bonchev–Trinajstić information content (AvgIpc) is 1.89. The summed E-state index contributed by atoms with van der Waals surface area (Å²) in [5.41, 5.74) is 0. The molecule has 9 heavy (non-hydrogen) atoms. The van der Waals surface area contributed by atoms with Crippen LogP contribution in [0, 0.1) is 6.92 Å². The summed E-state index contributed by atoms with van der Waals surface area (Å²) in [6, 6.07) is 0. The summed E-state index contributed by atoms with van der Waals surface area (Å²) in [6.45, 7) is 5.05. The zero-order valence-corrected chi connectivity index (χ0v) is 5.47. The maximum atomic E-state index is 9.78. The summed E-state index contributed by atoms with van der Waals surface area (Å²) in [7, 11) is 0. The molecule has 0 amide bonds. The topological polar surface area (TPSA) is 38.4 Å². The molecule has 0 N–H and O–H groups in total. The summed E-state index contributed by atoms with van der Waals surface area (Å²) in [5.74, 6) is 0. The summed E-state index contributed by atoms with van der Waals surface area (Å²) in [4.78, 5) is 0. The second-order valence-electron chi connectivity index (χ2n) is 1.43. The highest BCUT2D eigenvalue weighted by Crippen LogP contribution is 1.76. The fraction of sp³-hybridized carbons (Fsp3) is 0.833. The predicted octanol–water partition coefficient (Wildman–Crippen LogP) is 0.284. The first kappa shape index (κ1) is 8.88. The lowest BCUT2D eigenvalue weighted by Crippen LogP contribution is -2.06. The zero-order chi connectivity index (χ0) is 6.95. The van der Waals surface area contributed by atoms with Crippen LogP contribution in [0.2, 0.25) is 0 Å². The molecular formula is C6H12O3. The summed E-state index contributed by atoms with van der Waals surface area (Å²) in [5, 5.41) is 9.78. The van der Waals surface area contributed by atoms with Crippen molar-refractivity contribution in [3.63, 3.8) is 0 Å². The molecule has 3 nitrogen and oxygen atoms in total. The molecule has 3 heteroatoms. The van der Waals surface area contributed by atoms with Crippen molar-refractivity contribution < 1.29 is 14.6 Å². The van der Waals surface area contributed by atoms with Gasteiger partial charge in [0, 0.05) is 6.61 Å². The minimum Gasteiger partial charge on any atom is -0.379 e. The average molecular weight is 132 g/mol. The van der Waals surface area contributed by atoms with Gasteiger partial charge in [-0.05, 0) is 6.92 Å². The summed E-state index contributed by atoms with van der Waals surface area (Å²) >= 11 is 0. The van der Waals surface area contributed by atoms with Crippen molar-refractivity contribution in [2.45, 2.75) is 0 Å². The van der Waals surface area contributed by atoms with Gasteiger partial charge in [0.15, 0.2) is 0 Å². The van der Waals surface area contributed by atoms with Crippen molar-refractivity contribution >= 4 is 0 Å². The Morgan fingerprint density at radius 3 is 2.33 bits per heavy atom. The molecule has 2 radical (unpaired) electrons. The van der Waals surface area contributed by atoms with E-state index >= 15 is 0 Å². The molecule has 0 aliphatic heterocycles. The molecule has 0 aliphatic carbocycles. The maximum Gasteiger partial charge on any atom is 0.106 e. The number of hydrogen-bond acceptors (Lipinski definition) is 2. The van der Waals surface area contributed by atoms with Crippen molar-refractivity contribution in [3.8, 4) is 0 Å². The van der Waals surface area contributed by atoms with Gasteiger partial charge in [-0.3, -0.25) is 0 Å². The van der Waals surface area contributed by atoms with E-state index in [1.807, 2.05) is 0 Å². The second kappa shape index (κ2) is 7.88. The Kier molecular flexibility index (Phi) is 7.77. The minimum atomic E-state index is -0.176. The van der Waals surface area contributed by atoms with Gasteiger partial charge in [0.2, 0.25) is 0 Å². The minimum absolute atomic E-state index is 0.176. The van der Waals surface area contributed by atoms with Crippen molar-refractivity contribution in [3.05, 3.63) is 6.92 Å². The molecule has 0 aromatic heterocycles. The molecule has 54 valence electrons. The first-order chi connectivity index (χ1) is 4.41. The SMILES string of the molecule is [CH2]COCCOCC[O]. The van der Waals surface area contributed by atoms with Gasteiger partial charge in [0.05, 0.1) is 19.8 Å². The van der Waals surface area contributed by atoms with Gasteiger partial charge in [0.25, 0.3) is 0 Å². The van der Waals surface area contributed by atoms with Crippen LogP contribution < -0.4 is 0 Å². The van der Waals surface area contributed by atoms with Crippen molar-refractivity contribution in [1.29, 1.82) is 0 Å². The van der Waals surface area contributed by atoms with Gasteiger partial charge >= 0.3 is 0 Å². The van der Waals surface area contributed by atoms with Gasteiger partial charge in [-0.1, -0.05) is 0 Å². The van der Waals surface area contributed by atoms with E-state index in [0.717, 1.165) is 0 Å². The van der Waals surface area contributed by atoms with E-state index < -0.39 is 0 Å². The van der Waals surface area contributed by atoms with Crippen molar-refractivity contribution in [2.75, 3.05) is 33.0 Å². The van der Waals surface area contributed by atoms with E-state index in [-0.39, 0.29) is 13.2 Å². The Balaban J connectivity index is 2.60. The fourth-order valence-electron chi connectivity index (χ4n) is 0.381. The highest BCUT2D eigenvalue weighted by atomic mass is 16.5. The predicted molar refractivity (Wildman–Crippen MR) is 32.5 cm³/mol. The molecule has 0 saturated carbocycles. The molecule has 0 heterocycles. The van der Waals surface area contributed by atoms with Crippen LogP contribution in [0.25, 0.3) is 0 Å². The van der Waals surface area contributed by atoms with Gasteiger partial charge < -0.3 is 9.47 Å². The monoisotopic (exact) mass is 132 g/mol. The molecule has 0 unspecified atom stereocenters. The van der Waals surface area contributed by atoms with Gasteiger partial charge in [-0.2, -0.15) is 0 Å². The van der Waals surface area contributed by atoms with E-state index in [4.69, 9.17) is 9.47 Å². The third-order valence-electron chi connectivity index (χ3n) is 0.744. The number of ether oxygens (including phenoxy) is 2. The molecule has 0 rings (SSSR count). The van der Waals surface area contributed by atoms with Crippen LogP contribution in [0.3, 0.4) is 0 Å². The lowest BCUT2D eigenvalue weighted by molar-refractivity contribution is 0.0269. The number of rotatable bonds is 6. The molecular weight excluding hydrogens is 120 g/mol. The smallest absolute Gasteiger partial charge is 0.106 e. The van der Waals surface area contributed by atoms with E-state index in [1.165, 1.54) is 0 Å². The molecule has 0 atom stereocenters. The normalized spacial score (nSPS) is 10.0. The lowest BCUT2D eigenvalue weighted by Gasteiger charge is -1.99. The maximum absolute atomic E-state index is 9.78. The standard InChI is InChI=1S/C6H12O3/c1-2-8-5-6-9-4-3-7/h1-6H2. The van der Waals surface area contributed by atoms with Crippen molar-refractivity contribution in [2.24, 2.45) is 0 Å². The molecule has 0 aliphatic rings. The second-order valence-corrected chi connectivity index (χ2v) is 1.43. The first-order valence-corrected chi connectivity index (χ1v) is 2.94. The van der Waals surface area contributed by atoms with Crippen LogP contribution in [-0.4, -0.2) is 33.0 Å². The summed E-state index contributed by atoms with van der Waals surface area (Å²) in [6.07, 6.45) is 0. The molecule has 0 saturated heterocycles. The largest absolute Gasteiger partial charge is 0.379 e. The summed E-state index contributed by atoms with van der Waals surface area (Å²) < 4.78 is 9.66. The molecule has 0 bridgehead atoms. The van der Waals surface area contributed by atoms with E-state index in [0.29, 0.717) is 19.8 Å². The van der Waals surface area contributed by atoms with Gasteiger partial charge in [-0.15, -0.1) is 0 Å². The van der Waals surface area contributed by atoms with Crippen LogP contribution in [-0.2, 0) is 14.6 Å². The Bertz CT molecular complexity index is 41.6. The Morgan fingerprint density at radius 2 is 1.78 bits per heavy atom. The van der Waals surface area contributed by atoms with Gasteiger partial charge in [-0.25, -0.2) is 5.11 Å². The first-order valence-electron chi connectivity index (χ1n) is 2.94. The van der Waals surface area contributed by atoms with Crippen LogP contribution >= 0.6 is 0 Å².